The standard InChI is InChI=1S/C29H28ClNOS/c1-29(2,3)25-9-4-5-10-28(25)33-19-27(32)22-8-6-7-20(17-22)11-15-24-16-13-21-12-14-23(30)18-26(21)31-24/h4-18,27,32H,19H2,1-3H3/b15-11+. The van der Waals surface area contributed by atoms with E-state index in [1.807, 2.05) is 66.7 Å². The number of halogens is 1. The molecule has 1 N–H and O–H groups in total. The number of pyridine rings is 1. The van der Waals surface area contributed by atoms with Crippen molar-refractivity contribution in [2.75, 3.05) is 5.75 Å². The van der Waals surface area contributed by atoms with Crippen molar-refractivity contribution in [2.45, 2.75) is 37.2 Å². The van der Waals surface area contributed by atoms with E-state index in [0.29, 0.717) is 10.8 Å². The Balaban J connectivity index is 1.47. The number of hydrogen-bond acceptors (Lipinski definition) is 3. The summed E-state index contributed by atoms with van der Waals surface area (Å²) in [5.74, 6) is 0.604. The number of nitrogens with zero attached hydrogens (tertiary/aromatic N) is 1. The average molecular weight is 474 g/mol. The van der Waals surface area contributed by atoms with Crippen molar-refractivity contribution in [3.05, 3.63) is 106 Å². The van der Waals surface area contributed by atoms with Gasteiger partial charge < -0.3 is 5.11 Å². The molecule has 1 heterocycles. The molecule has 0 fully saturated rings. The largest absolute Gasteiger partial charge is 0.388 e. The molecule has 1 aromatic heterocycles. The molecule has 0 aliphatic heterocycles. The molecule has 0 aliphatic rings. The maximum atomic E-state index is 10.9. The number of hydrogen-bond donors (Lipinski definition) is 1. The fraction of sp³-hybridized carbons (Fsp3) is 0.207. The molecule has 0 spiro atoms. The molecule has 4 heteroatoms. The van der Waals surface area contributed by atoms with E-state index in [1.54, 1.807) is 11.8 Å². The normalized spacial score (nSPS) is 13.0. The zero-order valence-electron chi connectivity index (χ0n) is 19.1. The van der Waals surface area contributed by atoms with Crippen LogP contribution in [-0.4, -0.2) is 15.8 Å². The van der Waals surface area contributed by atoms with Gasteiger partial charge in [0.25, 0.3) is 0 Å². The third-order valence-electron chi connectivity index (χ3n) is 5.51. The molecule has 0 radical (unpaired) electrons. The molecule has 4 rings (SSSR count). The minimum absolute atomic E-state index is 0.0708. The van der Waals surface area contributed by atoms with Crippen LogP contribution in [0.2, 0.25) is 5.02 Å². The van der Waals surface area contributed by atoms with E-state index in [-0.39, 0.29) is 5.41 Å². The maximum Gasteiger partial charge on any atom is 0.0884 e. The molecule has 0 aliphatic carbocycles. The molecular weight excluding hydrogens is 446 g/mol. The molecule has 0 saturated carbocycles. The zero-order valence-corrected chi connectivity index (χ0v) is 20.7. The Morgan fingerprint density at radius 3 is 2.55 bits per heavy atom. The van der Waals surface area contributed by atoms with E-state index in [1.165, 1.54) is 10.5 Å². The SMILES string of the molecule is CC(C)(C)c1ccccc1SCC(O)c1cccc(/C=C/c2ccc3ccc(Cl)cc3n2)c1. The summed E-state index contributed by atoms with van der Waals surface area (Å²) in [5, 5.41) is 12.6. The van der Waals surface area contributed by atoms with Gasteiger partial charge in [-0.3, -0.25) is 0 Å². The molecule has 4 aromatic rings. The van der Waals surface area contributed by atoms with E-state index in [4.69, 9.17) is 11.6 Å². The summed E-state index contributed by atoms with van der Waals surface area (Å²) in [6, 6.07) is 26.3. The van der Waals surface area contributed by atoms with Gasteiger partial charge in [0.05, 0.1) is 17.3 Å². The van der Waals surface area contributed by atoms with E-state index >= 15 is 0 Å². The summed E-state index contributed by atoms with van der Waals surface area (Å²) in [6.07, 6.45) is 3.47. The van der Waals surface area contributed by atoms with Gasteiger partial charge in [0.1, 0.15) is 0 Å². The van der Waals surface area contributed by atoms with Crippen LogP contribution in [0.4, 0.5) is 0 Å². The molecule has 3 aromatic carbocycles. The molecule has 1 atom stereocenters. The van der Waals surface area contributed by atoms with Crippen LogP contribution in [0.5, 0.6) is 0 Å². The van der Waals surface area contributed by atoms with Gasteiger partial charge in [-0.1, -0.05) is 87.0 Å². The van der Waals surface area contributed by atoms with Crippen LogP contribution in [-0.2, 0) is 5.41 Å². The second kappa shape index (κ2) is 10.1. The Morgan fingerprint density at radius 1 is 0.939 bits per heavy atom. The lowest BCUT2D eigenvalue weighted by atomic mass is 9.87. The summed E-state index contributed by atoms with van der Waals surface area (Å²) < 4.78 is 0. The van der Waals surface area contributed by atoms with Gasteiger partial charge in [0.2, 0.25) is 0 Å². The Morgan fingerprint density at radius 2 is 1.73 bits per heavy atom. The number of aliphatic hydroxyl groups is 1. The third-order valence-corrected chi connectivity index (χ3v) is 6.89. The molecule has 0 bridgehead atoms. The minimum atomic E-state index is -0.544. The topological polar surface area (TPSA) is 33.1 Å². The third kappa shape index (κ3) is 6.05. The van der Waals surface area contributed by atoms with Crippen LogP contribution in [0, 0.1) is 0 Å². The van der Waals surface area contributed by atoms with Crippen molar-refractivity contribution in [1.82, 2.24) is 4.98 Å². The van der Waals surface area contributed by atoms with E-state index in [0.717, 1.165) is 27.7 Å². The summed E-state index contributed by atoms with van der Waals surface area (Å²) in [6.45, 7) is 6.66. The lowest BCUT2D eigenvalue weighted by Crippen LogP contribution is -2.12. The number of aliphatic hydroxyl groups excluding tert-OH is 1. The van der Waals surface area contributed by atoms with Crippen molar-refractivity contribution in [1.29, 1.82) is 0 Å². The van der Waals surface area contributed by atoms with Gasteiger partial charge in [-0.15, -0.1) is 11.8 Å². The van der Waals surface area contributed by atoms with E-state index < -0.39 is 6.10 Å². The fourth-order valence-corrected chi connectivity index (χ4v) is 5.13. The number of fused-ring (bicyclic) bond motifs is 1. The molecule has 2 nitrogen and oxygen atoms in total. The van der Waals surface area contributed by atoms with Crippen LogP contribution in [0.1, 0.15) is 49.3 Å². The van der Waals surface area contributed by atoms with Gasteiger partial charge in [0, 0.05) is 21.1 Å². The number of rotatable bonds is 6. The first-order valence-electron chi connectivity index (χ1n) is 11.0. The van der Waals surface area contributed by atoms with Crippen LogP contribution in [0.25, 0.3) is 23.1 Å². The van der Waals surface area contributed by atoms with Crippen molar-refractivity contribution >= 4 is 46.4 Å². The smallest absolute Gasteiger partial charge is 0.0884 e. The molecule has 33 heavy (non-hydrogen) atoms. The van der Waals surface area contributed by atoms with Gasteiger partial charge in [-0.05, 0) is 58.5 Å². The molecule has 1 unspecified atom stereocenters. The molecule has 0 saturated heterocycles. The van der Waals surface area contributed by atoms with Gasteiger partial charge in [0.15, 0.2) is 0 Å². The quantitative estimate of drug-likeness (QED) is 0.286. The summed E-state index contributed by atoms with van der Waals surface area (Å²) in [7, 11) is 0. The number of benzene rings is 3. The Hall–Kier alpha value is -2.59. The predicted molar refractivity (Wildman–Crippen MR) is 143 cm³/mol. The van der Waals surface area contributed by atoms with Crippen LogP contribution < -0.4 is 0 Å². The van der Waals surface area contributed by atoms with Crippen LogP contribution in [0.15, 0.2) is 83.8 Å². The van der Waals surface area contributed by atoms with E-state index in [9.17, 15) is 5.11 Å². The number of aromatic nitrogens is 1. The minimum Gasteiger partial charge on any atom is -0.388 e. The first kappa shape index (κ1) is 23.6. The van der Waals surface area contributed by atoms with Crippen LogP contribution >= 0.6 is 23.4 Å². The van der Waals surface area contributed by atoms with E-state index in [2.05, 4.69) is 50.0 Å². The van der Waals surface area contributed by atoms with Gasteiger partial charge in [-0.25, -0.2) is 4.98 Å². The Kier molecular flexibility index (Phi) is 7.23. The van der Waals surface area contributed by atoms with Gasteiger partial charge in [-0.2, -0.15) is 0 Å². The van der Waals surface area contributed by atoms with Gasteiger partial charge >= 0.3 is 0 Å². The maximum absolute atomic E-state index is 10.9. The van der Waals surface area contributed by atoms with Crippen molar-refractivity contribution in [3.8, 4) is 0 Å². The summed E-state index contributed by atoms with van der Waals surface area (Å²) in [4.78, 5) is 5.90. The lowest BCUT2D eigenvalue weighted by Gasteiger charge is -2.23. The average Bonchev–Trinajstić information content (AvgIpc) is 2.80. The Bertz CT molecular complexity index is 1290. The lowest BCUT2D eigenvalue weighted by molar-refractivity contribution is 0.204. The highest BCUT2D eigenvalue weighted by molar-refractivity contribution is 7.99. The number of thioether (sulfide) groups is 1. The molecular formula is C29H28ClNOS. The highest BCUT2D eigenvalue weighted by atomic mass is 35.5. The fourth-order valence-electron chi connectivity index (χ4n) is 3.73. The van der Waals surface area contributed by atoms with Crippen LogP contribution in [0.3, 0.4) is 0 Å². The highest BCUT2D eigenvalue weighted by Gasteiger charge is 2.18. The first-order valence-corrected chi connectivity index (χ1v) is 12.4. The zero-order chi connectivity index (χ0) is 23.4. The monoisotopic (exact) mass is 473 g/mol. The van der Waals surface area contributed by atoms with Crippen molar-refractivity contribution < 1.29 is 5.11 Å². The Labute approximate surface area is 205 Å². The predicted octanol–water partition coefficient (Wildman–Crippen LogP) is 8.18. The summed E-state index contributed by atoms with van der Waals surface area (Å²) >= 11 is 7.81. The van der Waals surface area contributed by atoms with Crippen molar-refractivity contribution in [3.63, 3.8) is 0 Å². The molecule has 168 valence electrons. The molecule has 0 amide bonds. The highest BCUT2D eigenvalue weighted by Crippen LogP contribution is 2.34. The second-order valence-corrected chi connectivity index (χ2v) is 10.6. The summed E-state index contributed by atoms with van der Waals surface area (Å²) in [5.41, 5.74) is 5.06. The van der Waals surface area contributed by atoms with Crippen molar-refractivity contribution in [2.24, 2.45) is 0 Å². The second-order valence-electron chi connectivity index (χ2n) is 9.15. The first-order chi connectivity index (χ1) is 15.8.